The van der Waals surface area contributed by atoms with E-state index in [-0.39, 0.29) is 0 Å². The Morgan fingerprint density at radius 3 is 1.69 bits per heavy atom. The minimum absolute atomic E-state index is 0.890. The van der Waals surface area contributed by atoms with Crippen LogP contribution in [-0.4, -0.2) is 0 Å². The van der Waals surface area contributed by atoms with Crippen molar-refractivity contribution in [2.45, 2.75) is 73.6 Å². The molecule has 0 nitrogen and oxygen atoms in total. The highest BCUT2D eigenvalue weighted by molar-refractivity contribution is 4.62. The molecule has 0 fully saturated rings. The van der Waals surface area contributed by atoms with Crippen LogP contribution in [0.5, 0.6) is 0 Å². The van der Waals surface area contributed by atoms with Crippen LogP contribution in [0.4, 0.5) is 0 Å². The van der Waals surface area contributed by atoms with E-state index in [1.165, 1.54) is 32.1 Å². The lowest BCUT2D eigenvalue weighted by Gasteiger charge is -2.19. The first-order valence-corrected chi connectivity index (χ1v) is 6.22. The summed E-state index contributed by atoms with van der Waals surface area (Å²) in [5.41, 5.74) is 0. The summed E-state index contributed by atoms with van der Waals surface area (Å²) in [6.45, 7) is 13.3. The van der Waals surface area contributed by atoms with E-state index < -0.39 is 0 Å². The van der Waals surface area contributed by atoms with E-state index in [0.717, 1.165) is 11.8 Å². The molecule has 0 aromatic heterocycles. The monoisotopic (exact) mass is 186 g/mol. The molecule has 0 aliphatic heterocycles. The number of unbranched alkanes of at least 4 members (excludes halogenated alkanes) is 1. The molecular weight excluding hydrogens is 156 g/mol. The molecule has 0 saturated heterocycles. The first-order chi connectivity index (χ1) is 6.22. The molecule has 0 aromatic rings. The van der Waals surface area contributed by atoms with Crippen LogP contribution in [0.25, 0.3) is 0 Å². The van der Waals surface area contributed by atoms with Gasteiger partial charge < -0.3 is 0 Å². The summed E-state index contributed by atoms with van der Waals surface area (Å²) in [4.78, 5) is 0. The van der Waals surface area contributed by atoms with Crippen molar-refractivity contribution in [3.8, 4) is 0 Å². The second-order valence-corrected chi connectivity index (χ2v) is 3.94. The highest BCUT2D eigenvalue weighted by atomic mass is 14.2. The molecule has 0 bridgehead atoms. The van der Waals surface area contributed by atoms with Crippen LogP contribution in [0.15, 0.2) is 0 Å². The fourth-order valence-electron chi connectivity index (χ4n) is 1.65. The van der Waals surface area contributed by atoms with Gasteiger partial charge in [-0.05, 0) is 11.8 Å². The Hall–Kier alpha value is 0. The highest BCUT2D eigenvalue weighted by Crippen LogP contribution is 2.22. The van der Waals surface area contributed by atoms with Gasteiger partial charge in [0.05, 0.1) is 0 Å². The predicted octanol–water partition coefficient (Wildman–Crippen LogP) is 5.28. The van der Waals surface area contributed by atoms with E-state index in [1.807, 2.05) is 13.8 Å². The van der Waals surface area contributed by atoms with Gasteiger partial charge in [0.15, 0.2) is 0 Å². The fourth-order valence-corrected chi connectivity index (χ4v) is 1.65. The maximum atomic E-state index is 2.36. The van der Waals surface area contributed by atoms with Crippen molar-refractivity contribution in [1.82, 2.24) is 0 Å². The van der Waals surface area contributed by atoms with Crippen LogP contribution < -0.4 is 0 Å². The van der Waals surface area contributed by atoms with Crippen molar-refractivity contribution < 1.29 is 0 Å². The molecule has 0 aliphatic rings. The molecule has 82 valence electrons. The quantitative estimate of drug-likeness (QED) is 0.530. The average Bonchev–Trinajstić information content (AvgIpc) is 2.15. The molecule has 0 heteroatoms. The number of rotatable bonds is 6. The molecule has 0 heterocycles. The minimum atomic E-state index is 0.890. The van der Waals surface area contributed by atoms with Crippen LogP contribution in [0.3, 0.4) is 0 Å². The summed E-state index contributed by atoms with van der Waals surface area (Å²) >= 11 is 0. The van der Waals surface area contributed by atoms with E-state index in [9.17, 15) is 0 Å². The van der Waals surface area contributed by atoms with E-state index in [0.29, 0.717) is 0 Å². The first kappa shape index (κ1) is 15.5. The van der Waals surface area contributed by atoms with Crippen LogP contribution in [0, 0.1) is 11.8 Å². The van der Waals surface area contributed by atoms with Crippen LogP contribution in [0.2, 0.25) is 0 Å². The van der Waals surface area contributed by atoms with Gasteiger partial charge >= 0.3 is 0 Å². The van der Waals surface area contributed by atoms with Gasteiger partial charge in [-0.3, -0.25) is 0 Å². The molecule has 1 unspecified atom stereocenters. The third-order valence-electron chi connectivity index (χ3n) is 2.53. The van der Waals surface area contributed by atoms with Gasteiger partial charge in [0.25, 0.3) is 0 Å². The summed E-state index contributed by atoms with van der Waals surface area (Å²) in [6.07, 6.45) is 7.00. The molecule has 0 rings (SSSR count). The van der Waals surface area contributed by atoms with Crippen LogP contribution in [0.1, 0.15) is 73.6 Å². The summed E-state index contributed by atoms with van der Waals surface area (Å²) in [6, 6.07) is 0. The standard InChI is InChI=1S/C11H24.C2H6/c1-5-7-9-11(8-6-2)10(3)4;1-2/h10-11H,5-9H2,1-4H3;1-2H3. The normalized spacial score (nSPS) is 12.2. The molecule has 0 radical (unpaired) electrons. The predicted molar refractivity (Wildman–Crippen MR) is 64.1 cm³/mol. The largest absolute Gasteiger partial charge is 0.0683 e. The van der Waals surface area contributed by atoms with Gasteiger partial charge in [0.2, 0.25) is 0 Å². The van der Waals surface area contributed by atoms with E-state index in [1.54, 1.807) is 0 Å². The maximum Gasteiger partial charge on any atom is -0.0391 e. The van der Waals surface area contributed by atoms with Crippen LogP contribution >= 0.6 is 0 Å². The lowest BCUT2D eigenvalue weighted by Crippen LogP contribution is -2.07. The summed E-state index contributed by atoms with van der Waals surface area (Å²) in [5.74, 6) is 1.88. The second-order valence-electron chi connectivity index (χ2n) is 3.94. The van der Waals surface area contributed by atoms with Crippen molar-refractivity contribution >= 4 is 0 Å². The molecule has 0 spiro atoms. The third-order valence-corrected chi connectivity index (χ3v) is 2.53. The zero-order chi connectivity index (χ0) is 10.7. The Kier molecular flexibility index (Phi) is 14.3. The first-order valence-electron chi connectivity index (χ1n) is 6.22. The fraction of sp³-hybridized carbons (Fsp3) is 1.00. The van der Waals surface area contributed by atoms with Gasteiger partial charge in [-0.15, -0.1) is 0 Å². The Morgan fingerprint density at radius 2 is 1.38 bits per heavy atom. The van der Waals surface area contributed by atoms with Gasteiger partial charge in [-0.2, -0.15) is 0 Å². The molecule has 0 amide bonds. The molecule has 13 heavy (non-hydrogen) atoms. The Bertz CT molecular complexity index is 74.1. The molecule has 0 N–H and O–H groups in total. The van der Waals surface area contributed by atoms with E-state index in [2.05, 4.69) is 27.7 Å². The molecule has 0 aliphatic carbocycles. The highest BCUT2D eigenvalue weighted by Gasteiger charge is 2.10. The molecule has 1 atom stereocenters. The number of hydrogen-bond donors (Lipinski definition) is 0. The molecule has 0 saturated carbocycles. The Morgan fingerprint density at radius 1 is 0.846 bits per heavy atom. The average molecular weight is 186 g/mol. The zero-order valence-electron chi connectivity index (χ0n) is 10.7. The number of hydrogen-bond acceptors (Lipinski definition) is 0. The Labute approximate surface area is 86.1 Å². The van der Waals surface area contributed by atoms with Gasteiger partial charge in [-0.25, -0.2) is 0 Å². The van der Waals surface area contributed by atoms with Gasteiger partial charge in [0.1, 0.15) is 0 Å². The van der Waals surface area contributed by atoms with Crippen molar-refractivity contribution in [3.63, 3.8) is 0 Å². The minimum Gasteiger partial charge on any atom is -0.0683 e. The van der Waals surface area contributed by atoms with Gasteiger partial charge in [-0.1, -0.05) is 73.6 Å². The third kappa shape index (κ3) is 9.92. The second kappa shape index (κ2) is 12.0. The Balaban J connectivity index is 0. The van der Waals surface area contributed by atoms with Crippen LogP contribution in [-0.2, 0) is 0 Å². The van der Waals surface area contributed by atoms with E-state index >= 15 is 0 Å². The zero-order valence-corrected chi connectivity index (χ0v) is 10.7. The SMILES string of the molecule is CC.CCCCC(CCC)C(C)C. The molecule has 0 aromatic carbocycles. The smallest absolute Gasteiger partial charge is 0.0391 e. The summed E-state index contributed by atoms with van der Waals surface area (Å²) < 4.78 is 0. The van der Waals surface area contributed by atoms with Gasteiger partial charge in [0, 0.05) is 0 Å². The topological polar surface area (TPSA) is 0 Å². The lowest BCUT2D eigenvalue weighted by atomic mass is 9.87. The van der Waals surface area contributed by atoms with Crippen molar-refractivity contribution in [2.24, 2.45) is 11.8 Å². The molecular formula is C13H30. The van der Waals surface area contributed by atoms with Crippen molar-refractivity contribution in [3.05, 3.63) is 0 Å². The van der Waals surface area contributed by atoms with Crippen molar-refractivity contribution in [2.75, 3.05) is 0 Å². The van der Waals surface area contributed by atoms with Crippen molar-refractivity contribution in [1.29, 1.82) is 0 Å². The maximum absolute atomic E-state index is 2.36. The summed E-state index contributed by atoms with van der Waals surface area (Å²) in [5, 5.41) is 0. The summed E-state index contributed by atoms with van der Waals surface area (Å²) in [7, 11) is 0. The van der Waals surface area contributed by atoms with E-state index in [4.69, 9.17) is 0 Å². The lowest BCUT2D eigenvalue weighted by molar-refractivity contribution is 0.325.